The molecule has 2 heterocycles. The number of aromatic nitrogens is 1. The maximum absolute atomic E-state index is 11.0. The average Bonchev–Trinajstić information content (AvgIpc) is 2.81. The molecule has 0 fully saturated rings. The Bertz CT molecular complexity index is 713. The number of thiophene rings is 1. The Morgan fingerprint density at radius 1 is 1.38 bits per heavy atom. The van der Waals surface area contributed by atoms with Crippen LogP contribution in [0.25, 0.3) is 21.0 Å². The van der Waals surface area contributed by atoms with E-state index in [0.717, 1.165) is 21.0 Å². The standard InChI is InChI=1S/C11H6ClNO2S/c12-8-7-6(16-10(8)11(14)15)2-1-5-3-4-13-9(5)7/h1-4,13H,(H,14,15). The number of hydrogen-bond donors (Lipinski definition) is 2. The van der Waals surface area contributed by atoms with Crippen LogP contribution >= 0.6 is 22.9 Å². The molecule has 80 valence electrons. The van der Waals surface area contributed by atoms with Crippen LogP contribution in [0.5, 0.6) is 0 Å². The zero-order chi connectivity index (χ0) is 11.3. The number of rotatable bonds is 1. The number of H-pyrrole nitrogens is 1. The SMILES string of the molecule is O=C(O)c1sc2ccc3cc[nH]c3c2c1Cl. The zero-order valence-corrected chi connectivity index (χ0v) is 9.52. The smallest absolute Gasteiger partial charge is 0.347 e. The van der Waals surface area contributed by atoms with Gasteiger partial charge in [-0.3, -0.25) is 0 Å². The van der Waals surface area contributed by atoms with Gasteiger partial charge in [0, 0.05) is 21.7 Å². The number of carbonyl (C=O) groups is 1. The molecule has 2 aromatic heterocycles. The predicted molar refractivity (Wildman–Crippen MR) is 65.7 cm³/mol. The molecular weight excluding hydrogens is 246 g/mol. The first-order chi connectivity index (χ1) is 7.68. The highest BCUT2D eigenvalue weighted by molar-refractivity contribution is 7.21. The number of nitrogens with one attached hydrogen (secondary N) is 1. The van der Waals surface area contributed by atoms with E-state index in [1.54, 1.807) is 0 Å². The third-order valence-electron chi connectivity index (χ3n) is 2.52. The van der Waals surface area contributed by atoms with E-state index in [9.17, 15) is 4.79 Å². The van der Waals surface area contributed by atoms with Gasteiger partial charge in [0.05, 0.1) is 10.5 Å². The lowest BCUT2D eigenvalue weighted by molar-refractivity contribution is 0.0702. The van der Waals surface area contributed by atoms with Gasteiger partial charge in [-0.1, -0.05) is 17.7 Å². The van der Waals surface area contributed by atoms with Crippen molar-refractivity contribution in [1.82, 2.24) is 4.98 Å². The fraction of sp³-hybridized carbons (Fsp3) is 0. The predicted octanol–water partition coefficient (Wildman–Crippen LogP) is 3.73. The van der Waals surface area contributed by atoms with Crippen LogP contribution in [0.2, 0.25) is 5.02 Å². The highest BCUT2D eigenvalue weighted by Gasteiger charge is 2.18. The van der Waals surface area contributed by atoms with Gasteiger partial charge in [0.1, 0.15) is 4.88 Å². The van der Waals surface area contributed by atoms with E-state index in [1.807, 2.05) is 24.4 Å². The molecule has 0 saturated heterocycles. The highest BCUT2D eigenvalue weighted by atomic mass is 35.5. The van der Waals surface area contributed by atoms with Gasteiger partial charge in [0.15, 0.2) is 0 Å². The van der Waals surface area contributed by atoms with Gasteiger partial charge in [-0.2, -0.15) is 0 Å². The summed E-state index contributed by atoms with van der Waals surface area (Å²) in [6.07, 6.45) is 1.82. The number of benzene rings is 1. The summed E-state index contributed by atoms with van der Waals surface area (Å²) in [6.45, 7) is 0. The quantitative estimate of drug-likeness (QED) is 0.692. The summed E-state index contributed by atoms with van der Waals surface area (Å²) in [5.74, 6) is -0.981. The van der Waals surface area contributed by atoms with Crippen molar-refractivity contribution in [2.24, 2.45) is 0 Å². The van der Waals surface area contributed by atoms with Gasteiger partial charge in [-0.05, 0) is 12.1 Å². The van der Waals surface area contributed by atoms with Crippen LogP contribution in [0, 0.1) is 0 Å². The minimum absolute atomic E-state index is 0.193. The van der Waals surface area contributed by atoms with Gasteiger partial charge >= 0.3 is 5.97 Å². The first kappa shape index (κ1) is 9.69. The molecule has 0 aliphatic heterocycles. The summed E-state index contributed by atoms with van der Waals surface area (Å²) < 4.78 is 0.886. The molecule has 2 N–H and O–H groups in total. The summed E-state index contributed by atoms with van der Waals surface area (Å²) >= 11 is 7.30. The number of carboxylic acids is 1. The van der Waals surface area contributed by atoms with Crippen LogP contribution in [-0.4, -0.2) is 16.1 Å². The molecule has 0 aliphatic carbocycles. The fourth-order valence-corrected chi connectivity index (χ4v) is 3.21. The van der Waals surface area contributed by atoms with Crippen LogP contribution < -0.4 is 0 Å². The number of hydrogen-bond acceptors (Lipinski definition) is 2. The van der Waals surface area contributed by atoms with Gasteiger partial charge in [-0.25, -0.2) is 4.79 Å². The number of fused-ring (bicyclic) bond motifs is 3. The lowest BCUT2D eigenvalue weighted by atomic mass is 10.2. The van der Waals surface area contributed by atoms with Gasteiger partial charge in [0.2, 0.25) is 0 Å². The van der Waals surface area contributed by atoms with Gasteiger partial charge < -0.3 is 10.1 Å². The number of aromatic amines is 1. The minimum atomic E-state index is -0.981. The van der Waals surface area contributed by atoms with Crippen LogP contribution in [0.3, 0.4) is 0 Å². The Kier molecular flexibility index (Phi) is 1.96. The normalized spacial score (nSPS) is 11.3. The van der Waals surface area contributed by atoms with Crippen molar-refractivity contribution in [2.75, 3.05) is 0 Å². The van der Waals surface area contributed by atoms with Crippen molar-refractivity contribution in [1.29, 1.82) is 0 Å². The van der Waals surface area contributed by atoms with Crippen molar-refractivity contribution in [3.05, 3.63) is 34.3 Å². The molecule has 0 amide bonds. The molecule has 0 unspecified atom stereocenters. The van der Waals surface area contributed by atoms with E-state index in [4.69, 9.17) is 16.7 Å². The molecule has 0 saturated carbocycles. The molecule has 5 heteroatoms. The van der Waals surface area contributed by atoms with Crippen LogP contribution in [0.15, 0.2) is 24.4 Å². The summed E-state index contributed by atoms with van der Waals surface area (Å²) in [7, 11) is 0. The Hall–Kier alpha value is -1.52. The lowest BCUT2D eigenvalue weighted by Gasteiger charge is -1.93. The maximum atomic E-state index is 11.0. The molecule has 0 spiro atoms. The zero-order valence-electron chi connectivity index (χ0n) is 7.95. The second-order valence-corrected chi connectivity index (χ2v) is 4.86. The Morgan fingerprint density at radius 3 is 2.94 bits per heavy atom. The first-order valence-corrected chi connectivity index (χ1v) is 5.79. The van der Waals surface area contributed by atoms with E-state index >= 15 is 0 Å². The van der Waals surface area contributed by atoms with E-state index in [0.29, 0.717) is 5.02 Å². The summed E-state index contributed by atoms with van der Waals surface area (Å²) in [5, 5.41) is 11.2. The van der Waals surface area contributed by atoms with E-state index < -0.39 is 5.97 Å². The van der Waals surface area contributed by atoms with E-state index in [-0.39, 0.29) is 4.88 Å². The summed E-state index contributed by atoms with van der Waals surface area (Å²) in [4.78, 5) is 14.3. The Labute approximate surface area is 99.3 Å². The molecule has 1 aromatic carbocycles. The monoisotopic (exact) mass is 251 g/mol. The lowest BCUT2D eigenvalue weighted by Crippen LogP contribution is -1.91. The Balaban J connectivity index is 2.54. The fourth-order valence-electron chi connectivity index (χ4n) is 1.82. The Morgan fingerprint density at radius 2 is 2.19 bits per heavy atom. The molecular formula is C11H6ClNO2S. The second kappa shape index (κ2) is 3.23. The van der Waals surface area contributed by atoms with Gasteiger partial charge in [0.25, 0.3) is 0 Å². The molecule has 0 aliphatic rings. The third-order valence-corrected chi connectivity index (χ3v) is 4.15. The maximum Gasteiger partial charge on any atom is 0.347 e. The van der Waals surface area contributed by atoms with Crippen LogP contribution in [-0.2, 0) is 0 Å². The second-order valence-electron chi connectivity index (χ2n) is 3.43. The highest BCUT2D eigenvalue weighted by Crippen LogP contribution is 2.39. The van der Waals surface area contributed by atoms with E-state index in [1.165, 1.54) is 11.3 Å². The summed E-state index contributed by atoms with van der Waals surface area (Å²) in [6, 6.07) is 5.78. The largest absolute Gasteiger partial charge is 0.477 e. The first-order valence-electron chi connectivity index (χ1n) is 4.60. The van der Waals surface area contributed by atoms with Crippen molar-refractivity contribution in [2.45, 2.75) is 0 Å². The molecule has 3 nitrogen and oxygen atoms in total. The average molecular weight is 252 g/mol. The van der Waals surface area contributed by atoms with Crippen molar-refractivity contribution < 1.29 is 9.90 Å². The van der Waals surface area contributed by atoms with Gasteiger partial charge in [-0.15, -0.1) is 11.3 Å². The number of carboxylic acid groups (broad SMARTS) is 1. The molecule has 3 aromatic rings. The number of halogens is 1. The van der Waals surface area contributed by atoms with Crippen molar-refractivity contribution in [3.63, 3.8) is 0 Å². The van der Waals surface area contributed by atoms with E-state index in [2.05, 4.69) is 4.98 Å². The molecule has 0 radical (unpaired) electrons. The van der Waals surface area contributed by atoms with Crippen molar-refractivity contribution in [3.8, 4) is 0 Å². The minimum Gasteiger partial charge on any atom is -0.477 e. The van der Waals surface area contributed by atoms with Crippen molar-refractivity contribution >= 4 is 49.9 Å². The topological polar surface area (TPSA) is 53.1 Å². The molecule has 3 rings (SSSR count). The molecule has 0 bridgehead atoms. The third kappa shape index (κ3) is 1.17. The molecule has 0 atom stereocenters. The summed E-state index contributed by atoms with van der Waals surface area (Å²) in [5.41, 5.74) is 0.895. The van der Waals surface area contributed by atoms with Crippen LogP contribution in [0.4, 0.5) is 0 Å². The number of aromatic carboxylic acids is 1. The molecule has 16 heavy (non-hydrogen) atoms. The van der Waals surface area contributed by atoms with Crippen LogP contribution in [0.1, 0.15) is 9.67 Å².